The number of thiophene rings is 1. The van der Waals surface area contributed by atoms with E-state index < -0.39 is 4.92 Å². The summed E-state index contributed by atoms with van der Waals surface area (Å²) < 4.78 is 0.310. The minimum atomic E-state index is -0.563. The highest BCUT2D eigenvalue weighted by atomic mass is 32.2. The number of H-pyrrole nitrogens is 1. The standard InChI is InChI=1S/C10H7N3O4S2/c1-5(14)7-4-6(13(16)17)9(18-7)19-10-11-3-2-8(15)12-10/h2-4H,1H3,(H,11,12,15). The third kappa shape index (κ3) is 3.06. The number of carbonyl (C=O) groups is 1. The van der Waals surface area contributed by atoms with Gasteiger partial charge in [0, 0.05) is 18.3 Å². The van der Waals surface area contributed by atoms with Crippen molar-refractivity contribution < 1.29 is 9.72 Å². The summed E-state index contributed by atoms with van der Waals surface area (Å²) in [6.45, 7) is 1.34. The maximum Gasteiger partial charge on any atom is 0.294 e. The van der Waals surface area contributed by atoms with Gasteiger partial charge in [-0.1, -0.05) is 0 Å². The van der Waals surface area contributed by atoms with E-state index in [1.54, 1.807) is 0 Å². The quantitative estimate of drug-likeness (QED) is 0.401. The second-order valence-electron chi connectivity index (χ2n) is 3.44. The molecule has 0 bridgehead atoms. The van der Waals surface area contributed by atoms with Crippen LogP contribution in [0.25, 0.3) is 0 Å². The molecule has 0 atom stereocenters. The fraction of sp³-hybridized carbons (Fsp3) is 0.100. The van der Waals surface area contributed by atoms with E-state index in [1.807, 2.05) is 0 Å². The Morgan fingerprint density at radius 2 is 2.32 bits per heavy atom. The van der Waals surface area contributed by atoms with Crippen molar-refractivity contribution in [2.45, 2.75) is 16.3 Å². The molecule has 0 aliphatic carbocycles. The van der Waals surface area contributed by atoms with Crippen molar-refractivity contribution in [2.75, 3.05) is 0 Å². The zero-order chi connectivity index (χ0) is 14.0. The molecule has 0 fully saturated rings. The molecule has 0 aliphatic rings. The molecular formula is C10H7N3O4S2. The largest absolute Gasteiger partial charge is 0.301 e. The molecule has 98 valence electrons. The van der Waals surface area contributed by atoms with Crippen LogP contribution in [0.5, 0.6) is 0 Å². The lowest BCUT2D eigenvalue weighted by molar-refractivity contribution is -0.387. The summed E-state index contributed by atoms with van der Waals surface area (Å²) in [6, 6.07) is 2.48. The molecule has 19 heavy (non-hydrogen) atoms. The number of aromatic amines is 1. The highest BCUT2D eigenvalue weighted by Gasteiger charge is 2.22. The van der Waals surface area contributed by atoms with Gasteiger partial charge >= 0.3 is 0 Å². The Bertz CT molecular complexity index is 707. The maximum atomic E-state index is 11.2. The van der Waals surface area contributed by atoms with Crippen LogP contribution in [0.15, 0.2) is 32.5 Å². The number of aromatic nitrogens is 2. The van der Waals surface area contributed by atoms with E-state index in [4.69, 9.17) is 0 Å². The Morgan fingerprint density at radius 3 is 2.89 bits per heavy atom. The van der Waals surface area contributed by atoms with E-state index in [2.05, 4.69) is 9.97 Å². The maximum absolute atomic E-state index is 11.2. The minimum Gasteiger partial charge on any atom is -0.301 e. The fourth-order valence-corrected chi connectivity index (χ4v) is 3.33. The third-order valence-electron chi connectivity index (χ3n) is 2.06. The Morgan fingerprint density at radius 1 is 1.58 bits per heavy atom. The molecule has 0 radical (unpaired) electrons. The summed E-state index contributed by atoms with van der Waals surface area (Å²) in [5.74, 6) is -0.241. The van der Waals surface area contributed by atoms with Crippen LogP contribution in [0.4, 0.5) is 5.69 Å². The van der Waals surface area contributed by atoms with Gasteiger partial charge in [0.05, 0.1) is 9.80 Å². The van der Waals surface area contributed by atoms with Crippen molar-refractivity contribution in [1.29, 1.82) is 0 Å². The van der Waals surface area contributed by atoms with Crippen LogP contribution in [-0.2, 0) is 0 Å². The third-order valence-corrected chi connectivity index (χ3v) is 4.38. The Labute approximate surface area is 114 Å². The number of nitrogens with one attached hydrogen (secondary N) is 1. The van der Waals surface area contributed by atoms with Crippen molar-refractivity contribution >= 4 is 34.6 Å². The molecule has 0 unspecified atom stereocenters. The zero-order valence-corrected chi connectivity index (χ0v) is 11.2. The van der Waals surface area contributed by atoms with Gasteiger partial charge in [-0.05, 0) is 18.7 Å². The first-order valence-corrected chi connectivity index (χ1v) is 6.63. The van der Waals surface area contributed by atoms with Crippen LogP contribution in [0, 0.1) is 10.1 Å². The molecule has 2 aromatic heterocycles. The van der Waals surface area contributed by atoms with Gasteiger partial charge in [-0.2, -0.15) is 0 Å². The molecule has 0 aromatic carbocycles. The van der Waals surface area contributed by atoms with Gasteiger partial charge in [-0.25, -0.2) is 4.98 Å². The second-order valence-corrected chi connectivity index (χ2v) is 5.75. The molecular weight excluding hydrogens is 290 g/mol. The first-order chi connectivity index (χ1) is 8.97. The topological polar surface area (TPSA) is 106 Å². The van der Waals surface area contributed by atoms with Crippen LogP contribution >= 0.6 is 23.1 Å². The Kier molecular flexibility index (Phi) is 3.76. The number of Topliss-reactive ketones (excluding diaryl/α,β-unsaturated/α-hetero) is 1. The van der Waals surface area contributed by atoms with Gasteiger partial charge in [0.2, 0.25) is 0 Å². The molecule has 2 heterocycles. The number of hydrogen-bond acceptors (Lipinski definition) is 7. The average Bonchev–Trinajstić information content (AvgIpc) is 2.73. The van der Waals surface area contributed by atoms with Crippen molar-refractivity contribution in [2.24, 2.45) is 0 Å². The minimum absolute atomic E-state index is 0.160. The van der Waals surface area contributed by atoms with Gasteiger partial charge in [0.25, 0.3) is 11.2 Å². The lowest BCUT2D eigenvalue weighted by Gasteiger charge is -1.96. The summed E-state index contributed by atoms with van der Waals surface area (Å²) >= 11 is 1.96. The molecule has 0 aliphatic heterocycles. The summed E-state index contributed by atoms with van der Waals surface area (Å²) in [7, 11) is 0. The first kappa shape index (κ1) is 13.4. The molecule has 7 nitrogen and oxygen atoms in total. The Balaban J connectivity index is 2.41. The fourth-order valence-electron chi connectivity index (χ4n) is 1.23. The van der Waals surface area contributed by atoms with E-state index in [-0.39, 0.29) is 22.2 Å². The molecule has 0 saturated heterocycles. The molecule has 2 rings (SSSR count). The predicted octanol–water partition coefficient (Wildman–Crippen LogP) is 2.09. The highest BCUT2D eigenvalue weighted by Crippen LogP contribution is 2.39. The summed E-state index contributed by atoms with van der Waals surface area (Å²) in [6.07, 6.45) is 1.31. The van der Waals surface area contributed by atoms with Gasteiger partial charge in [-0.3, -0.25) is 19.7 Å². The molecule has 1 N–H and O–H groups in total. The highest BCUT2D eigenvalue weighted by molar-refractivity contribution is 8.01. The smallest absolute Gasteiger partial charge is 0.294 e. The van der Waals surface area contributed by atoms with Crippen LogP contribution in [0.3, 0.4) is 0 Å². The lowest BCUT2D eigenvalue weighted by Crippen LogP contribution is -2.04. The van der Waals surface area contributed by atoms with E-state index in [9.17, 15) is 19.7 Å². The monoisotopic (exact) mass is 297 g/mol. The van der Waals surface area contributed by atoms with Gasteiger partial charge < -0.3 is 4.98 Å². The normalized spacial score (nSPS) is 10.4. The first-order valence-electron chi connectivity index (χ1n) is 4.99. The van der Waals surface area contributed by atoms with E-state index >= 15 is 0 Å². The van der Waals surface area contributed by atoms with Crippen molar-refractivity contribution in [3.63, 3.8) is 0 Å². The molecule has 9 heteroatoms. The van der Waals surface area contributed by atoms with Gasteiger partial charge in [-0.15, -0.1) is 11.3 Å². The van der Waals surface area contributed by atoms with Crippen molar-refractivity contribution in [3.05, 3.63) is 43.7 Å². The average molecular weight is 297 g/mol. The molecule has 0 amide bonds. The van der Waals surface area contributed by atoms with Gasteiger partial charge in [0.15, 0.2) is 10.9 Å². The number of rotatable bonds is 4. The molecule has 2 aromatic rings. The predicted molar refractivity (Wildman–Crippen MR) is 70.0 cm³/mol. The number of ketones is 1. The van der Waals surface area contributed by atoms with Gasteiger partial charge in [0.1, 0.15) is 4.21 Å². The Hall–Kier alpha value is -2.00. The van der Waals surface area contributed by atoms with Crippen molar-refractivity contribution in [3.8, 4) is 0 Å². The SMILES string of the molecule is CC(=O)c1cc([N+](=O)[O-])c(Sc2nccc(=O)[nH]2)s1. The van der Waals surface area contributed by atoms with E-state index in [1.165, 1.54) is 25.3 Å². The van der Waals surface area contributed by atoms with Crippen LogP contribution in [0.1, 0.15) is 16.6 Å². The van der Waals surface area contributed by atoms with Crippen LogP contribution in [0.2, 0.25) is 0 Å². The molecule has 0 spiro atoms. The lowest BCUT2D eigenvalue weighted by atomic mass is 10.3. The summed E-state index contributed by atoms with van der Waals surface area (Å²) in [4.78, 5) is 39.4. The van der Waals surface area contributed by atoms with E-state index in [0.717, 1.165) is 23.1 Å². The number of nitro groups is 1. The summed E-state index contributed by atoms with van der Waals surface area (Å²) in [5, 5.41) is 11.2. The van der Waals surface area contributed by atoms with Crippen molar-refractivity contribution in [1.82, 2.24) is 9.97 Å². The molecule has 0 saturated carbocycles. The summed E-state index contributed by atoms with van der Waals surface area (Å²) in [5.41, 5.74) is -0.504. The number of hydrogen-bond donors (Lipinski definition) is 1. The zero-order valence-electron chi connectivity index (χ0n) is 9.58. The number of nitrogens with zero attached hydrogens (tertiary/aromatic N) is 2. The number of carbonyl (C=O) groups excluding carboxylic acids is 1. The van der Waals surface area contributed by atoms with E-state index in [0.29, 0.717) is 9.09 Å². The van der Waals surface area contributed by atoms with Crippen LogP contribution in [-0.4, -0.2) is 20.7 Å². The second kappa shape index (κ2) is 5.33. The van der Waals surface area contributed by atoms with Crippen LogP contribution < -0.4 is 5.56 Å².